The Balaban J connectivity index is 2.25. The molecule has 1 heterocycles. The van der Waals surface area contributed by atoms with Gasteiger partial charge in [0.25, 0.3) is 0 Å². The molecule has 2 rings (SSSR count). The molecule has 0 spiro atoms. The van der Waals surface area contributed by atoms with E-state index in [-0.39, 0.29) is 12.0 Å². The number of nitrogens with zero attached hydrogens (tertiary/aromatic N) is 1. The van der Waals surface area contributed by atoms with Crippen LogP contribution < -0.4 is 5.73 Å². The lowest BCUT2D eigenvalue weighted by Gasteiger charge is -2.20. The molecule has 0 saturated heterocycles. The summed E-state index contributed by atoms with van der Waals surface area (Å²) in [6, 6.07) is 12.2. The van der Waals surface area contributed by atoms with Gasteiger partial charge < -0.3 is 5.73 Å². The van der Waals surface area contributed by atoms with Crippen LogP contribution in [0.15, 0.2) is 47.1 Å². The van der Waals surface area contributed by atoms with Crippen LogP contribution in [-0.2, 0) is 0 Å². The Kier molecular flexibility index (Phi) is 4.15. The van der Waals surface area contributed by atoms with Crippen molar-refractivity contribution < 1.29 is 0 Å². The molecule has 0 bridgehead atoms. The monoisotopic (exact) mass is 304 g/mol. The van der Waals surface area contributed by atoms with Crippen molar-refractivity contribution in [3.05, 3.63) is 63.9 Å². The van der Waals surface area contributed by atoms with Gasteiger partial charge in [-0.3, -0.25) is 4.98 Å². The van der Waals surface area contributed by atoms with Crippen molar-refractivity contribution in [1.82, 2.24) is 4.98 Å². The molecule has 18 heavy (non-hydrogen) atoms. The van der Waals surface area contributed by atoms with Crippen LogP contribution in [0, 0.1) is 6.92 Å². The Hall–Kier alpha value is -1.19. The molecular weight excluding hydrogens is 288 g/mol. The number of halogens is 1. The molecule has 1 aromatic carbocycles. The summed E-state index contributed by atoms with van der Waals surface area (Å²) in [4.78, 5) is 4.38. The lowest BCUT2D eigenvalue weighted by atomic mass is 9.91. The topological polar surface area (TPSA) is 38.9 Å². The first-order chi connectivity index (χ1) is 8.59. The van der Waals surface area contributed by atoms with Crippen LogP contribution in [0.2, 0.25) is 0 Å². The average Bonchev–Trinajstić information content (AvgIpc) is 2.41. The van der Waals surface area contributed by atoms with Crippen LogP contribution in [0.25, 0.3) is 0 Å². The van der Waals surface area contributed by atoms with E-state index in [1.165, 1.54) is 5.56 Å². The maximum Gasteiger partial charge on any atom is 0.0450 e. The molecule has 94 valence electrons. The van der Waals surface area contributed by atoms with E-state index in [0.717, 1.165) is 15.7 Å². The summed E-state index contributed by atoms with van der Waals surface area (Å²) in [6.07, 6.45) is 1.81. The van der Waals surface area contributed by atoms with E-state index in [2.05, 4.69) is 53.0 Å². The van der Waals surface area contributed by atoms with Crippen LogP contribution in [0.1, 0.15) is 35.7 Å². The first-order valence-corrected chi connectivity index (χ1v) is 6.81. The molecule has 0 fully saturated rings. The fraction of sp³-hybridized carbons (Fsp3) is 0.267. The van der Waals surface area contributed by atoms with Crippen LogP contribution in [0.3, 0.4) is 0 Å². The van der Waals surface area contributed by atoms with Crippen molar-refractivity contribution in [2.75, 3.05) is 0 Å². The molecule has 0 radical (unpaired) electrons. The highest BCUT2D eigenvalue weighted by Crippen LogP contribution is 2.29. The predicted octanol–water partition coefficient (Wildman–Crippen LogP) is 3.96. The van der Waals surface area contributed by atoms with Crippen molar-refractivity contribution in [3.63, 3.8) is 0 Å². The summed E-state index contributed by atoms with van der Waals surface area (Å²) in [7, 11) is 0. The zero-order valence-electron chi connectivity index (χ0n) is 10.6. The number of hydrogen-bond acceptors (Lipinski definition) is 2. The minimum absolute atomic E-state index is 0.0355. The standard InChI is InChI=1S/C15H17BrN2/c1-10-9-12(6-7-13(10)16)15(17)11(2)14-5-3-4-8-18-14/h3-9,11,15H,17H2,1-2H3. The number of nitrogens with two attached hydrogens (primary N) is 1. The average molecular weight is 305 g/mol. The normalized spacial score (nSPS) is 14.2. The Bertz CT molecular complexity index is 525. The number of rotatable bonds is 3. The molecule has 1 aromatic heterocycles. The van der Waals surface area contributed by atoms with Crippen LogP contribution >= 0.6 is 15.9 Å². The van der Waals surface area contributed by atoms with Crippen LogP contribution in [0.5, 0.6) is 0 Å². The van der Waals surface area contributed by atoms with Crippen molar-refractivity contribution in [2.45, 2.75) is 25.8 Å². The molecule has 0 amide bonds. The Morgan fingerprint density at radius 3 is 2.61 bits per heavy atom. The van der Waals surface area contributed by atoms with E-state index in [1.54, 1.807) is 0 Å². The van der Waals surface area contributed by atoms with Gasteiger partial charge in [0.15, 0.2) is 0 Å². The maximum atomic E-state index is 6.33. The predicted molar refractivity (Wildman–Crippen MR) is 78.5 cm³/mol. The third kappa shape index (κ3) is 2.79. The largest absolute Gasteiger partial charge is 0.323 e. The molecule has 2 N–H and O–H groups in total. The summed E-state index contributed by atoms with van der Waals surface area (Å²) < 4.78 is 1.11. The van der Waals surface area contributed by atoms with Crippen LogP contribution in [0.4, 0.5) is 0 Å². The zero-order valence-corrected chi connectivity index (χ0v) is 12.2. The summed E-state index contributed by atoms with van der Waals surface area (Å²) in [6.45, 7) is 4.19. The van der Waals surface area contributed by atoms with Crippen molar-refractivity contribution in [1.29, 1.82) is 0 Å². The van der Waals surface area contributed by atoms with Gasteiger partial charge in [0.05, 0.1) is 0 Å². The number of benzene rings is 1. The van der Waals surface area contributed by atoms with Crippen molar-refractivity contribution in [3.8, 4) is 0 Å². The minimum Gasteiger partial charge on any atom is -0.323 e. The summed E-state index contributed by atoms with van der Waals surface area (Å²) in [5, 5.41) is 0. The van der Waals surface area contributed by atoms with E-state index in [4.69, 9.17) is 5.73 Å². The van der Waals surface area contributed by atoms with Gasteiger partial charge in [0.1, 0.15) is 0 Å². The number of aromatic nitrogens is 1. The highest BCUT2D eigenvalue weighted by atomic mass is 79.9. The lowest BCUT2D eigenvalue weighted by Crippen LogP contribution is -2.18. The number of hydrogen-bond donors (Lipinski definition) is 1. The molecule has 2 nitrogen and oxygen atoms in total. The number of aryl methyl sites for hydroxylation is 1. The van der Waals surface area contributed by atoms with E-state index < -0.39 is 0 Å². The Labute approximate surface area is 116 Å². The third-order valence-corrected chi connectivity index (χ3v) is 4.15. The fourth-order valence-corrected chi connectivity index (χ4v) is 2.24. The van der Waals surface area contributed by atoms with Crippen molar-refractivity contribution in [2.24, 2.45) is 5.73 Å². The highest BCUT2D eigenvalue weighted by molar-refractivity contribution is 9.10. The SMILES string of the molecule is Cc1cc(C(N)C(C)c2ccccn2)ccc1Br. The summed E-state index contributed by atoms with van der Waals surface area (Å²) in [5.74, 6) is 0.201. The van der Waals surface area contributed by atoms with E-state index in [9.17, 15) is 0 Å². The van der Waals surface area contributed by atoms with Gasteiger partial charge in [0.2, 0.25) is 0 Å². The minimum atomic E-state index is -0.0355. The summed E-state index contributed by atoms with van der Waals surface area (Å²) in [5.41, 5.74) is 9.72. The van der Waals surface area contributed by atoms with Gasteiger partial charge in [-0.1, -0.05) is 41.1 Å². The second kappa shape index (κ2) is 5.63. The second-order valence-corrected chi connectivity index (χ2v) is 5.43. The van der Waals surface area contributed by atoms with E-state index >= 15 is 0 Å². The van der Waals surface area contributed by atoms with Gasteiger partial charge in [0, 0.05) is 28.3 Å². The van der Waals surface area contributed by atoms with Gasteiger partial charge in [-0.05, 0) is 36.2 Å². The Morgan fingerprint density at radius 1 is 1.22 bits per heavy atom. The molecule has 2 unspecified atom stereocenters. The second-order valence-electron chi connectivity index (χ2n) is 4.58. The molecule has 2 atom stereocenters. The maximum absolute atomic E-state index is 6.33. The van der Waals surface area contributed by atoms with E-state index in [1.807, 2.05) is 24.4 Å². The zero-order chi connectivity index (χ0) is 13.1. The van der Waals surface area contributed by atoms with Gasteiger partial charge in [-0.15, -0.1) is 0 Å². The molecule has 0 aliphatic carbocycles. The lowest BCUT2D eigenvalue weighted by molar-refractivity contribution is 0.583. The molecule has 0 aliphatic heterocycles. The van der Waals surface area contributed by atoms with Gasteiger partial charge >= 0.3 is 0 Å². The molecule has 3 heteroatoms. The number of pyridine rings is 1. The van der Waals surface area contributed by atoms with E-state index in [0.29, 0.717) is 0 Å². The first kappa shape index (κ1) is 13.2. The van der Waals surface area contributed by atoms with Crippen LogP contribution in [-0.4, -0.2) is 4.98 Å². The fourth-order valence-electron chi connectivity index (χ4n) is 1.99. The smallest absolute Gasteiger partial charge is 0.0450 e. The quantitative estimate of drug-likeness (QED) is 0.932. The molecule has 2 aromatic rings. The first-order valence-electron chi connectivity index (χ1n) is 6.02. The summed E-state index contributed by atoms with van der Waals surface area (Å²) >= 11 is 3.51. The molecular formula is C15H17BrN2. The van der Waals surface area contributed by atoms with Gasteiger partial charge in [-0.2, -0.15) is 0 Å². The highest BCUT2D eigenvalue weighted by Gasteiger charge is 2.18. The van der Waals surface area contributed by atoms with Crippen molar-refractivity contribution >= 4 is 15.9 Å². The molecule has 0 saturated carbocycles. The molecule has 0 aliphatic rings. The van der Waals surface area contributed by atoms with Gasteiger partial charge in [-0.25, -0.2) is 0 Å². The Morgan fingerprint density at radius 2 is 2.00 bits per heavy atom. The third-order valence-electron chi connectivity index (χ3n) is 3.26.